The second-order valence-electron chi connectivity index (χ2n) is 8.60. The molecule has 3 aliphatic rings. The van der Waals surface area contributed by atoms with E-state index >= 15 is 0 Å². The van der Waals surface area contributed by atoms with Gasteiger partial charge in [-0.05, 0) is 23.6 Å². The van der Waals surface area contributed by atoms with Crippen LogP contribution >= 0.6 is 0 Å². The average molecular weight is 450 g/mol. The lowest BCUT2D eigenvalue weighted by Crippen LogP contribution is -2.56. The van der Waals surface area contributed by atoms with Crippen LogP contribution in [-0.2, 0) is 41.8 Å². The van der Waals surface area contributed by atoms with Crippen molar-refractivity contribution in [1.29, 1.82) is 0 Å². The van der Waals surface area contributed by atoms with Gasteiger partial charge in [-0.25, -0.2) is 0 Å². The number of ether oxygens (including phenoxy) is 4. The molecule has 0 aromatic heterocycles. The van der Waals surface area contributed by atoms with Gasteiger partial charge in [-0.2, -0.15) is 0 Å². The van der Waals surface area contributed by atoms with E-state index in [1.54, 1.807) is 7.11 Å². The van der Waals surface area contributed by atoms with E-state index in [4.69, 9.17) is 18.9 Å². The lowest BCUT2D eigenvalue weighted by atomic mass is 9.71. The second kappa shape index (κ2) is 9.47. The second-order valence-corrected chi connectivity index (χ2v) is 8.60. The van der Waals surface area contributed by atoms with Crippen LogP contribution in [-0.4, -0.2) is 37.4 Å². The molecule has 2 aromatic carbocycles. The number of rotatable bonds is 7. The van der Waals surface area contributed by atoms with Crippen molar-refractivity contribution in [2.24, 2.45) is 17.8 Å². The van der Waals surface area contributed by atoms with Gasteiger partial charge in [-0.3, -0.25) is 14.9 Å². The van der Waals surface area contributed by atoms with Crippen LogP contribution < -0.4 is 5.32 Å². The van der Waals surface area contributed by atoms with Crippen molar-refractivity contribution in [3.05, 3.63) is 83.6 Å². The molecule has 2 fully saturated rings. The number of hydrogen-bond donors (Lipinski definition) is 1. The SMILES string of the molecule is CO[C@H]1OC2=CC[C@H]3C(=O)NC(=O)[C@H]3[C@H]2[C@H](OCc2ccccc2)[C@H]1OCc1ccccc1. The number of amides is 2. The Balaban J connectivity index is 1.46. The minimum absolute atomic E-state index is 0.238. The summed E-state index contributed by atoms with van der Waals surface area (Å²) in [7, 11) is 1.57. The number of methoxy groups -OCH3 is 1. The van der Waals surface area contributed by atoms with E-state index < -0.39 is 36.3 Å². The Labute approximate surface area is 192 Å². The third-order valence-corrected chi connectivity index (χ3v) is 6.61. The largest absolute Gasteiger partial charge is 0.466 e. The van der Waals surface area contributed by atoms with Gasteiger partial charge in [-0.1, -0.05) is 60.7 Å². The van der Waals surface area contributed by atoms with Crippen molar-refractivity contribution in [3.8, 4) is 0 Å². The molecule has 5 rings (SSSR count). The molecule has 0 radical (unpaired) electrons. The number of imide groups is 1. The van der Waals surface area contributed by atoms with E-state index in [9.17, 15) is 9.59 Å². The molecule has 0 spiro atoms. The zero-order valence-corrected chi connectivity index (χ0v) is 18.4. The highest BCUT2D eigenvalue weighted by Crippen LogP contribution is 2.46. The Kier molecular flexibility index (Phi) is 6.26. The van der Waals surface area contributed by atoms with Crippen LogP contribution in [0.25, 0.3) is 0 Å². The molecule has 0 saturated carbocycles. The molecule has 172 valence electrons. The van der Waals surface area contributed by atoms with Crippen LogP contribution in [0.4, 0.5) is 0 Å². The number of benzene rings is 2. The quantitative estimate of drug-likeness (QED) is 0.655. The molecule has 2 aromatic rings. The smallest absolute Gasteiger partial charge is 0.231 e. The molecule has 0 bridgehead atoms. The van der Waals surface area contributed by atoms with Crippen molar-refractivity contribution < 1.29 is 28.5 Å². The predicted molar refractivity (Wildman–Crippen MR) is 118 cm³/mol. The molecular weight excluding hydrogens is 422 g/mol. The van der Waals surface area contributed by atoms with Crippen LogP contribution in [0.5, 0.6) is 0 Å². The maximum absolute atomic E-state index is 12.8. The first-order valence-electron chi connectivity index (χ1n) is 11.2. The Morgan fingerprint density at radius 3 is 2.06 bits per heavy atom. The van der Waals surface area contributed by atoms with Gasteiger partial charge < -0.3 is 18.9 Å². The van der Waals surface area contributed by atoms with Gasteiger partial charge in [0.15, 0.2) is 0 Å². The summed E-state index contributed by atoms with van der Waals surface area (Å²) in [4.78, 5) is 25.2. The standard InChI is InChI=1S/C26H27NO6/c1-30-26-23(32-15-17-10-6-3-7-11-17)22(31-14-16-8-4-2-5-9-16)21-19(33-26)13-12-18-20(21)25(29)27-24(18)28/h2-11,13,18,20-23,26H,12,14-15H2,1H3,(H,27,28,29)/t18-,20-,21+,22+,23-,26+/m1/s1. The van der Waals surface area contributed by atoms with Crippen molar-refractivity contribution in [2.45, 2.75) is 38.1 Å². The molecule has 2 saturated heterocycles. The predicted octanol–water partition coefficient (Wildman–Crippen LogP) is 2.95. The number of carbonyl (C=O) groups is 2. The molecular formula is C26H27NO6. The third kappa shape index (κ3) is 4.31. The van der Waals surface area contributed by atoms with Gasteiger partial charge in [0.1, 0.15) is 18.0 Å². The van der Waals surface area contributed by atoms with Crippen LogP contribution in [0.1, 0.15) is 17.5 Å². The van der Waals surface area contributed by atoms with E-state index in [0.29, 0.717) is 25.4 Å². The molecule has 1 aliphatic carbocycles. The van der Waals surface area contributed by atoms with Crippen LogP contribution in [0.2, 0.25) is 0 Å². The highest BCUT2D eigenvalue weighted by molar-refractivity contribution is 6.05. The molecule has 6 atom stereocenters. The maximum atomic E-state index is 12.8. The first-order chi connectivity index (χ1) is 16.2. The van der Waals surface area contributed by atoms with Gasteiger partial charge in [0, 0.05) is 7.11 Å². The number of carbonyl (C=O) groups excluding carboxylic acids is 2. The Bertz CT molecular complexity index is 1020. The number of hydrogen-bond acceptors (Lipinski definition) is 6. The molecule has 7 heteroatoms. The summed E-state index contributed by atoms with van der Waals surface area (Å²) < 4.78 is 24.6. The summed E-state index contributed by atoms with van der Waals surface area (Å²) in [6, 6.07) is 19.6. The fraction of sp³-hybridized carbons (Fsp3) is 0.385. The molecule has 2 heterocycles. The van der Waals surface area contributed by atoms with E-state index in [2.05, 4.69) is 5.32 Å². The summed E-state index contributed by atoms with van der Waals surface area (Å²) in [5, 5.41) is 2.49. The maximum Gasteiger partial charge on any atom is 0.231 e. The number of allylic oxidation sites excluding steroid dienone is 1. The Morgan fingerprint density at radius 2 is 1.45 bits per heavy atom. The van der Waals surface area contributed by atoms with Crippen molar-refractivity contribution >= 4 is 11.8 Å². The van der Waals surface area contributed by atoms with Crippen molar-refractivity contribution in [3.63, 3.8) is 0 Å². The molecule has 2 aliphatic heterocycles. The first kappa shape index (κ1) is 21.8. The zero-order valence-electron chi connectivity index (χ0n) is 18.4. The molecule has 2 amide bonds. The van der Waals surface area contributed by atoms with Crippen molar-refractivity contribution in [1.82, 2.24) is 5.32 Å². The Morgan fingerprint density at radius 1 is 0.848 bits per heavy atom. The van der Waals surface area contributed by atoms with Gasteiger partial charge >= 0.3 is 0 Å². The van der Waals surface area contributed by atoms with E-state index in [1.165, 1.54) is 0 Å². The fourth-order valence-electron chi connectivity index (χ4n) is 5.01. The summed E-state index contributed by atoms with van der Waals surface area (Å²) in [6.07, 6.45) is 0.508. The highest BCUT2D eigenvalue weighted by atomic mass is 16.7. The highest BCUT2D eigenvalue weighted by Gasteiger charge is 2.57. The summed E-state index contributed by atoms with van der Waals surface area (Å²) in [5.41, 5.74) is 2.01. The lowest BCUT2D eigenvalue weighted by Gasteiger charge is -2.46. The fourth-order valence-corrected chi connectivity index (χ4v) is 5.01. The van der Waals surface area contributed by atoms with E-state index in [0.717, 1.165) is 11.1 Å². The molecule has 7 nitrogen and oxygen atoms in total. The van der Waals surface area contributed by atoms with Crippen molar-refractivity contribution in [2.75, 3.05) is 7.11 Å². The van der Waals surface area contributed by atoms with Crippen LogP contribution in [0.3, 0.4) is 0 Å². The van der Waals surface area contributed by atoms with Gasteiger partial charge in [-0.15, -0.1) is 0 Å². The Hall–Kier alpha value is -3.00. The lowest BCUT2D eigenvalue weighted by molar-refractivity contribution is -0.260. The molecule has 33 heavy (non-hydrogen) atoms. The summed E-state index contributed by atoms with van der Waals surface area (Å²) in [6.45, 7) is 0.675. The number of fused-ring (bicyclic) bond motifs is 3. The van der Waals surface area contributed by atoms with Gasteiger partial charge in [0.05, 0.1) is 31.0 Å². The van der Waals surface area contributed by atoms with Gasteiger partial charge in [0.2, 0.25) is 18.1 Å². The topological polar surface area (TPSA) is 83.1 Å². The minimum Gasteiger partial charge on any atom is -0.466 e. The average Bonchev–Trinajstić information content (AvgIpc) is 3.15. The molecule has 1 N–H and O–H groups in total. The van der Waals surface area contributed by atoms with E-state index in [-0.39, 0.29) is 11.8 Å². The zero-order chi connectivity index (χ0) is 22.8. The summed E-state index contributed by atoms with van der Waals surface area (Å²) >= 11 is 0. The van der Waals surface area contributed by atoms with Crippen LogP contribution in [0, 0.1) is 17.8 Å². The van der Waals surface area contributed by atoms with Crippen LogP contribution in [0.15, 0.2) is 72.5 Å². The normalized spacial score (nSPS) is 30.6. The number of nitrogens with one attached hydrogen (secondary N) is 1. The first-order valence-corrected chi connectivity index (χ1v) is 11.2. The summed E-state index contributed by atoms with van der Waals surface area (Å²) in [5.74, 6) is -1.31. The van der Waals surface area contributed by atoms with Gasteiger partial charge in [0.25, 0.3) is 0 Å². The monoisotopic (exact) mass is 449 g/mol. The third-order valence-electron chi connectivity index (χ3n) is 6.61. The van der Waals surface area contributed by atoms with E-state index in [1.807, 2.05) is 66.7 Å². The molecule has 0 unspecified atom stereocenters. The minimum atomic E-state index is -0.700.